The molecule has 0 spiro atoms. The minimum absolute atomic E-state index is 0.0438. The van der Waals surface area contributed by atoms with Gasteiger partial charge in [-0.1, -0.05) is 0 Å². The molecule has 1 N–H and O–H groups in total. The van der Waals surface area contributed by atoms with Crippen LogP contribution in [0.2, 0.25) is 0 Å². The van der Waals surface area contributed by atoms with Crippen LogP contribution in [0.15, 0.2) is 18.2 Å². The van der Waals surface area contributed by atoms with Gasteiger partial charge in [-0.2, -0.15) is 5.26 Å². The van der Waals surface area contributed by atoms with Crippen LogP contribution in [0.3, 0.4) is 0 Å². The summed E-state index contributed by atoms with van der Waals surface area (Å²) in [6.45, 7) is 4.18. The normalized spacial score (nSPS) is 19.8. The number of ether oxygens (including phenoxy) is 1. The number of rotatable bonds is 4. The summed E-state index contributed by atoms with van der Waals surface area (Å²) in [6.07, 6.45) is 3.61. The Morgan fingerprint density at radius 3 is 2.57 bits per heavy atom. The van der Waals surface area contributed by atoms with Gasteiger partial charge in [0.25, 0.3) is 0 Å². The maximum atomic E-state index is 13.1. The van der Waals surface area contributed by atoms with Gasteiger partial charge >= 0.3 is 5.97 Å². The summed E-state index contributed by atoms with van der Waals surface area (Å²) in [6, 6.07) is 5.14. The average Bonchev–Trinajstić information content (AvgIpc) is 2.52. The first-order valence-electron chi connectivity index (χ1n) is 7.70. The van der Waals surface area contributed by atoms with Gasteiger partial charge < -0.3 is 10.1 Å². The number of hydrogen-bond donors (Lipinski definition) is 1. The van der Waals surface area contributed by atoms with E-state index in [1.54, 1.807) is 11.0 Å². The molecular weight excluding hydrogens is 363 g/mol. The number of nitriles is 1. The number of carbonyl (C=O) groups is 1. The molecule has 0 aliphatic heterocycles. The number of anilines is 1. The number of carbonyl (C=O) groups excluding carboxylic acids is 1. The zero-order chi connectivity index (χ0) is 17.2. The smallest absolute Gasteiger partial charge is 0.308 e. The van der Waals surface area contributed by atoms with Gasteiger partial charge in [0.05, 0.1) is 12.5 Å². The minimum Gasteiger partial charge on any atom is -0.466 e. The van der Waals surface area contributed by atoms with Gasteiger partial charge in [-0.15, -0.1) is 0 Å². The van der Waals surface area contributed by atoms with Crippen molar-refractivity contribution in [2.24, 2.45) is 5.92 Å². The molecule has 0 amide bonds. The Hall–Kier alpha value is -1.61. The van der Waals surface area contributed by atoms with E-state index < -0.39 is 0 Å². The number of aryl methyl sites for hydroxylation is 1. The lowest BCUT2D eigenvalue weighted by atomic mass is 9.86. The molecule has 0 heterocycles. The first kappa shape index (κ1) is 19.4. The minimum atomic E-state index is -0.209. The van der Waals surface area contributed by atoms with Gasteiger partial charge in [0.1, 0.15) is 10.8 Å². The Kier molecular flexibility index (Phi) is 8.64. The molecule has 0 radical (unpaired) electrons. The van der Waals surface area contributed by atoms with E-state index in [4.69, 9.17) is 10.00 Å². The van der Waals surface area contributed by atoms with Crippen LogP contribution in [0, 0.1) is 28.9 Å². The van der Waals surface area contributed by atoms with Crippen LogP contribution >= 0.6 is 15.9 Å². The summed E-state index contributed by atoms with van der Waals surface area (Å²) in [5, 5.41) is 10.7. The summed E-state index contributed by atoms with van der Waals surface area (Å²) in [7, 11) is 0. The van der Waals surface area contributed by atoms with Crippen molar-refractivity contribution in [2.45, 2.75) is 45.6 Å². The Morgan fingerprint density at radius 1 is 1.43 bits per heavy atom. The van der Waals surface area contributed by atoms with Gasteiger partial charge in [-0.3, -0.25) is 4.79 Å². The van der Waals surface area contributed by atoms with E-state index >= 15 is 0 Å². The number of benzene rings is 1. The maximum absolute atomic E-state index is 13.1. The van der Waals surface area contributed by atoms with Crippen molar-refractivity contribution in [2.75, 3.05) is 11.9 Å². The summed E-state index contributed by atoms with van der Waals surface area (Å²) < 4.78 is 18.1. The van der Waals surface area contributed by atoms with E-state index in [0.29, 0.717) is 12.6 Å². The van der Waals surface area contributed by atoms with Crippen molar-refractivity contribution < 1.29 is 13.9 Å². The first-order chi connectivity index (χ1) is 11.0. The molecule has 0 atom stereocenters. The SMILES string of the molecule is CCOC(=O)C1CCC(Nc2ccc(F)cc2C)CC1.N#CBr. The zero-order valence-corrected chi connectivity index (χ0v) is 15.0. The second-order valence-electron chi connectivity index (χ2n) is 5.49. The monoisotopic (exact) mass is 384 g/mol. The number of esters is 1. The summed E-state index contributed by atoms with van der Waals surface area (Å²) >= 11 is 2.45. The highest BCUT2D eigenvalue weighted by Gasteiger charge is 2.27. The van der Waals surface area contributed by atoms with E-state index in [1.165, 1.54) is 12.1 Å². The fourth-order valence-electron chi connectivity index (χ4n) is 2.74. The highest BCUT2D eigenvalue weighted by molar-refractivity contribution is 9.12. The average molecular weight is 385 g/mol. The summed E-state index contributed by atoms with van der Waals surface area (Å²) in [5.74, 6) is -0.231. The van der Waals surface area contributed by atoms with Crippen LogP contribution in [0.25, 0.3) is 0 Å². The Balaban J connectivity index is 0.000000816. The lowest BCUT2D eigenvalue weighted by Gasteiger charge is -2.29. The fourth-order valence-corrected chi connectivity index (χ4v) is 2.74. The lowest BCUT2D eigenvalue weighted by Crippen LogP contribution is -2.30. The van der Waals surface area contributed by atoms with E-state index in [1.807, 2.05) is 13.8 Å². The number of nitrogens with zero attached hydrogens (tertiary/aromatic N) is 1. The number of nitrogens with one attached hydrogen (secondary N) is 1. The van der Waals surface area contributed by atoms with E-state index in [0.717, 1.165) is 36.9 Å². The van der Waals surface area contributed by atoms with E-state index in [-0.39, 0.29) is 17.7 Å². The molecule has 0 saturated heterocycles. The Morgan fingerprint density at radius 2 is 2.04 bits per heavy atom. The molecule has 0 bridgehead atoms. The molecule has 1 aromatic carbocycles. The Bertz CT molecular complexity index is 552. The molecule has 2 rings (SSSR count). The third-order valence-corrected chi connectivity index (χ3v) is 3.90. The first-order valence-corrected chi connectivity index (χ1v) is 8.50. The molecule has 1 aliphatic carbocycles. The third-order valence-electron chi connectivity index (χ3n) is 3.90. The number of halogens is 2. The van der Waals surface area contributed by atoms with Gasteiger partial charge in [0.2, 0.25) is 0 Å². The Labute approximate surface area is 145 Å². The predicted octanol–water partition coefficient (Wildman–Crippen LogP) is 4.53. The molecule has 0 aromatic heterocycles. The van der Waals surface area contributed by atoms with Crippen LogP contribution in [-0.2, 0) is 9.53 Å². The van der Waals surface area contributed by atoms with Crippen molar-refractivity contribution in [1.29, 1.82) is 5.26 Å². The molecule has 126 valence electrons. The second-order valence-corrected chi connectivity index (χ2v) is 5.84. The highest BCUT2D eigenvalue weighted by atomic mass is 79.9. The molecule has 1 aliphatic rings. The van der Waals surface area contributed by atoms with Crippen LogP contribution in [-0.4, -0.2) is 18.6 Å². The third kappa shape index (κ3) is 6.57. The zero-order valence-electron chi connectivity index (χ0n) is 13.4. The fraction of sp³-hybridized carbons (Fsp3) is 0.529. The second kappa shape index (κ2) is 10.2. The van der Waals surface area contributed by atoms with E-state index in [9.17, 15) is 9.18 Å². The quantitative estimate of drug-likeness (QED) is 0.774. The molecule has 1 fully saturated rings. The van der Waals surface area contributed by atoms with Crippen LogP contribution in [0.5, 0.6) is 0 Å². The van der Waals surface area contributed by atoms with E-state index in [2.05, 4.69) is 21.2 Å². The predicted molar refractivity (Wildman–Crippen MR) is 91.7 cm³/mol. The molecule has 4 nitrogen and oxygen atoms in total. The number of hydrogen-bond acceptors (Lipinski definition) is 4. The standard InChI is InChI=1S/C16H22FNO2.CBrN/c1-3-20-16(19)12-4-7-14(8-5-12)18-15-9-6-13(17)10-11(15)2;2-1-3/h6,9-10,12,14,18H,3-5,7-8H2,1-2H3;. The van der Waals surface area contributed by atoms with Gasteiger partial charge in [0.15, 0.2) is 0 Å². The molecular formula is C17H22BrFN2O2. The van der Waals surface area contributed by atoms with Crippen LogP contribution in [0.1, 0.15) is 38.2 Å². The van der Waals surface area contributed by atoms with Crippen molar-refractivity contribution in [3.8, 4) is 4.98 Å². The maximum Gasteiger partial charge on any atom is 0.308 e. The van der Waals surface area contributed by atoms with Crippen molar-refractivity contribution in [1.82, 2.24) is 0 Å². The largest absolute Gasteiger partial charge is 0.466 e. The molecule has 23 heavy (non-hydrogen) atoms. The lowest BCUT2D eigenvalue weighted by molar-refractivity contribution is -0.149. The topological polar surface area (TPSA) is 62.1 Å². The molecule has 1 saturated carbocycles. The molecule has 0 unspecified atom stereocenters. The molecule has 1 aromatic rings. The summed E-state index contributed by atoms with van der Waals surface area (Å²) in [5.41, 5.74) is 1.89. The van der Waals surface area contributed by atoms with Crippen LogP contribution < -0.4 is 5.32 Å². The summed E-state index contributed by atoms with van der Waals surface area (Å²) in [4.78, 5) is 13.2. The highest BCUT2D eigenvalue weighted by Crippen LogP contribution is 2.28. The van der Waals surface area contributed by atoms with Crippen molar-refractivity contribution >= 4 is 27.6 Å². The van der Waals surface area contributed by atoms with Crippen molar-refractivity contribution in [3.05, 3.63) is 29.6 Å². The van der Waals surface area contributed by atoms with Crippen molar-refractivity contribution in [3.63, 3.8) is 0 Å². The molecule has 6 heteroatoms. The van der Waals surface area contributed by atoms with Gasteiger partial charge in [0, 0.05) is 27.7 Å². The van der Waals surface area contributed by atoms with Gasteiger partial charge in [-0.25, -0.2) is 4.39 Å². The van der Waals surface area contributed by atoms with Gasteiger partial charge in [-0.05, 0) is 63.3 Å². The van der Waals surface area contributed by atoms with Crippen LogP contribution in [0.4, 0.5) is 10.1 Å².